The van der Waals surface area contributed by atoms with E-state index < -0.39 is 5.56 Å². The van der Waals surface area contributed by atoms with Gasteiger partial charge in [0.1, 0.15) is 5.76 Å². The van der Waals surface area contributed by atoms with Crippen LogP contribution < -0.4 is 0 Å². The second kappa shape index (κ2) is 7.25. The normalized spacial score (nSPS) is 31.2. The molecule has 2 aliphatic rings. The summed E-state index contributed by atoms with van der Waals surface area (Å²) in [6.45, 7) is 12.0. The van der Waals surface area contributed by atoms with Gasteiger partial charge in [0.2, 0.25) is 0 Å². The van der Waals surface area contributed by atoms with Crippen molar-refractivity contribution in [2.24, 2.45) is 22.7 Å². The molecule has 0 spiro atoms. The standard InChI is InChI=1S/C21H33ClO2/c1-14-12-16-17(21(4,5)11-10-20(16,2)3)13-15(14)8-6-7-9-18(23)19(22)24/h6-7,9,14-15,19,23-24H,8,10-13H2,1-5H3/b7-6+,18-9-. The molecular formula is C21H33ClO2. The van der Waals surface area contributed by atoms with Crippen molar-refractivity contribution in [2.75, 3.05) is 0 Å². The summed E-state index contributed by atoms with van der Waals surface area (Å²) >= 11 is 5.41. The predicted molar refractivity (Wildman–Crippen MR) is 102 cm³/mol. The summed E-state index contributed by atoms with van der Waals surface area (Å²) < 4.78 is 0. The Balaban J connectivity index is 2.12. The number of halogens is 1. The van der Waals surface area contributed by atoms with Crippen LogP contribution in [0.15, 0.2) is 35.1 Å². The highest BCUT2D eigenvalue weighted by Crippen LogP contribution is 2.56. The fraction of sp³-hybridized carbons (Fsp3) is 0.714. The van der Waals surface area contributed by atoms with E-state index in [2.05, 4.69) is 40.7 Å². The molecular weight excluding hydrogens is 320 g/mol. The number of rotatable bonds is 4. The van der Waals surface area contributed by atoms with Crippen LogP contribution in [0.2, 0.25) is 0 Å². The van der Waals surface area contributed by atoms with Crippen molar-refractivity contribution in [3.05, 3.63) is 35.1 Å². The second-order valence-electron chi connectivity index (χ2n) is 8.96. The lowest BCUT2D eigenvalue weighted by atomic mass is 9.56. The summed E-state index contributed by atoms with van der Waals surface area (Å²) in [6.07, 6.45) is 11.3. The zero-order valence-electron chi connectivity index (χ0n) is 15.8. The van der Waals surface area contributed by atoms with E-state index in [1.165, 1.54) is 31.8 Å². The maximum atomic E-state index is 9.42. The second-order valence-corrected chi connectivity index (χ2v) is 9.38. The zero-order valence-corrected chi connectivity index (χ0v) is 16.5. The van der Waals surface area contributed by atoms with Crippen LogP contribution in [-0.2, 0) is 0 Å². The molecule has 0 amide bonds. The molecule has 3 unspecified atom stereocenters. The van der Waals surface area contributed by atoms with Gasteiger partial charge in [-0.05, 0) is 60.8 Å². The van der Waals surface area contributed by atoms with E-state index in [0.717, 1.165) is 6.42 Å². The van der Waals surface area contributed by atoms with Crippen molar-refractivity contribution in [1.29, 1.82) is 0 Å². The minimum Gasteiger partial charge on any atom is -0.508 e. The SMILES string of the molecule is CC1CC2=C(CC1C/C=C/C=C(\O)C(O)Cl)C(C)(C)CCC2(C)C. The Bertz CT molecular complexity index is 552. The Hall–Kier alpha value is -0.730. The van der Waals surface area contributed by atoms with Gasteiger partial charge in [0, 0.05) is 0 Å². The Labute approximate surface area is 152 Å². The summed E-state index contributed by atoms with van der Waals surface area (Å²) in [4.78, 5) is 0. The van der Waals surface area contributed by atoms with Crippen molar-refractivity contribution in [1.82, 2.24) is 0 Å². The number of alkyl halides is 1. The zero-order chi connectivity index (χ0) is 18.1. The van der Waals surface area contributed by atoms with Gasteiger partial charge in [0.15, 0.2) is 5.56 Å². The molecule has 3 atom stereocenters. The first-order valence-corrected chi connectivity index (χ1v) is 9.59. The van der Waals surface area contributed by atoms with Crippen molar-refractivity contribution in [3.8, 4) is 0 Å². The predicted octanol–water partition coefficient (Wildman–Crippen LogP) is 6.12. The van der Waals surface area contributed by atoms with Crippen LogP contribution in [0.1, 0.15) is 66.7 Å². The molecule has 0 bridgehead atoms. The minimum absolute atomic E-state index is 0.204. The third-order valence-electron chi connectivity index (χ3n) is 6.26. The maximum absolute atomic E-state index is 9.42. The third kappa shape index (κ3) is 4.26. The van der Waals surface area contributed by atoms with E-state index in [9.17, 15) is 5.11 Å². The highest BCUT2D eigenvalue weighted by Gasteiger charge is 2.42. The van der Waals surface area contributed by atoms with E-state index in [1.54, 1.807) is 17.2 Å². The van der Waals surface area contributed by atoms with Gasteiger partial charge in [0.05, 0.1) is 0 Å². The van der Waals surface area contributed by atoms with E-state index in [0.29, 0.717) is 22.7 Å². The van der Waals surface area contributed by atoms with Crippen molar-refractivity contribution in [3.63, 3.8) is 0 Å². The third-order valence-corrected chi connectivity index (χ3v) is 6.48. The fourth-order valence-electron chi connectivity index (χ4n) is 4.31. The summed E-state index contributed by atoms with van der Waals surface area (Å²) in [5.74, 6) is 1.12. The van der Waals surface area contributed by atoms with Crippen LogP contribution in [0.3, 0.4) is 0 Å². The van der Waals surface area contributed by atoms with Gasteiger partial charge in [-0.25, -0.2) is 0 Å². The van der Waals surface area contributed by atoms with E-state index >= 15 is 0 Å². The highest BCUT2D eigenvalue weighted by atomic mass is 35.5. The van der Waals surface area contributed by atoms with E-state index in [1.807, 2.05) is 0 Å². The van der Waals surface area contributed by atoms with Gasteiger partial charge >= 0.3 is 0 Å². The summed E-state index contributed by atoms with van der Waals surface area (Å²) in [7, 11) is 0. The smallest absolute Gasteiger partial charge is 0.185 e. The number of allylic oxidation sites excluding steroid dienone is 5. The Kier molecular flexibility index (Phi) is 5.92. The van der Waals surface area contributed by atoms with Crippen LogP contribution in [0, 0.1) is 22.7 Å². The van der Waals surface area contributed by atoms with Gasteiger partial charge in [-0.1, -0.05) is 69.5 Å². The first kappa shape index (κ1) is 19.6. The molecule has 2 rings (SSSR count). The quantitative estimate of drug-likeness (QED) is 0.277. The Morgan fingerprint density at radius 1 is 1.17 bits per heavy atom. The van der Waals surface area contributed by atoms with Crippen molar-refractivity contribution >= 4 is 11.6 Å². The van der Waals surface area contributed by atoms with Crippen molar-refractivity contribution < 1.29 is 10.2 Å². The van der Waals surface area contributed by atoms with E-state index in [4.69, 9.17) is 16.7 Å². The fourth-order valence-corrected chi connectivity index (χ4v) is 4.38. The number of hydrogen-bond acceptors (Lipinski definition) is 2. The largest absolute Gasteiger partial charge is 0.508 e. The van der Waals surface area contributed by atoms with Crippen LogP contribution in [0.4, 0.5) is 0 Å². The lowest BCUT2D eigenvalue weighted by Gasteiger charge is -2.49. The number of aliphatic hydroxyl groups is 2. The molecule has 0 fully saturated rings. The van der Waals surface area contributed by atoms with Gasteiger partial charge < -0.3 is 10.2 Å². The van der Waals surface area contributed by atoms with Gasteiger partial charge in [-0.3, -0.25) is 0 Å². The molecule has 2 aliphatic carbocycles. The van der Waals surface area contributed by atoms with Gasteiger partial charge in [-0.2, -0.15) is 0 Å². The molecule has 24 heavy (non-hydrogen) atoms. The lowest BCUT2D eigenvalue weighted by Crippen LogP contribution is -2.36. The molecule has 0 saturated heterocycles. The number of aliphatic hydroxyl groups excluding tert-OH is 2. The Morgan fingerprint density at radius 3 is 2.25 bits per heavy atom. The summed E-state index contributed by atoms with van der Waals surface area (Å²) in [6, 6.07) is 0. The van der Waals surface area contributed by atoms with E-state index in [-0.39, 0.29) is 5.76 Å². The molecule has 3 heteroatoms. The summed E-state index contributed by atoms with van der Waals surface area (Å²) in [5.41, 5.74) is 2.78. The molecule has 2 N–H and O–H groups in total. The molecule has 0 aromatic heterocycles. The van der Waals surface area contributed by atoms with Gasteiger partial charge in [-0.15, -0.1) is 0 Å². The average Bonchev–Trinajstić information content (AvgIpc) is 2.49. The van der Waals surface area contributed by atoms with Crippen LogP contribution in [0.5, 0.6) is 0 Å². The lowest BCUT2D eigenvalue weighted by molar-refractivity contribution is 0.193. The topological polar surface area (TPSA) is 40.5 Å². The molecule has 0 aromatic rings. The monoisotopic (exact) mass is 352 g/mol. The minimum atomic E-state index is -1.32. The molecule has 0 saturated carbocycles. The van der Waals surface area contributed by atoms with Crippen molar-refractivity contribution in [2.45, 2.75) is 72.3 Å². The first-order valence-electron chi connectivity index (χ1n) is 9.15. The average molecular weight is 353 g/mol. The molecule has 0 heterocycles. The molecule has 0 aliphatic heterocycles. The molecule has 0 radical (unpaired) electrons. The first-order chi connectivity index (χ1) is 11.0. The maximum Gasteiger partial charge on any atom is 0.185 e. The summed E-state index contributed by atoms with van der Waals surface area (Å²) in [5, 5.41) is 18.5. The number of hydrogen-bond donors (Lipinski definition) is 2. The van der Waals surface area contributed by atoms with Gasteiger partial charge in [0.25, 0.3) is 0 Å². The molecule has 0 aromatic carbocycles. The van der Waals surface area contributed by atoms with Crippen LogP contribution in [-0.4, -0.2) is 15.8 Å². The van der Waals surface area contributed by atoms with Crippen LogP contribution in [0.25, 0.3) is 0 Å². The Morgan fingerprint density at radius 2 is 1.71 bits per heavy atom. The molecule has 2 nitrogen and oxygen atoms in total. The highest BCUT2D eigenvalue weighted by molar-refractivity contribution is 6.20. The van der Waals surface area contributed by atoms with Crippen LogP contribution >= 0.6 is 11.6 Å². The molecule has 136 valence electrons.